The van der Waals surface area contributed by atoms with Gasteiger partial charge < -0.3 is 5.32 Å². The maximum atomic E-state index is 4.61. The molecule has 0 amide bonds. The molecule has 94 valence electrons. The lowest BCUT2D eigenvalue weighted by molar-refractivity contribution is 0.358. The zero-order valence-corrected chi connectivity index (χ0v) is 10.9. The van der Waals surface area contributed by atoms with Crippen LogP contribution >= 0.6 is 0 Å². The van der Waals surface area contributed by atoms with Gasteiger partial charge in [0.05, 0.1) is 5.52 Å². The minimum Gasteiger partial charge on any atom is -0.307 e. The predicted octanol–water partition coefficient (Wildman–Crippen LogP) is 3.61. The summed E-state index contributed by atoms with van der Waals surface area (Å²) in [6.45, 7) is 3.39. The van der Waals surface area contributed by atoms with E-state index in [1.54, 1.807) is 0 Å². The van der Waals surface area contributed by atoms with Gasteiger partial charge in [0.25, 0.3) is 0 Å². The third-order valence-corrected chi connectivity index (χ3v) is 4.07. The quantitative estimate of drug-likeness (QED) is 0.886. The van der Waals surface area contributed by atoms with Crippen LogP contribution in [0.2, 0.25) is 0 Å². The van der Waals surface area contributed by atoms with E-state index in [2.05, 4.69) is 41.5 Å². The number of benzene rings is 1. The highest BCUT2D eigenvalue weighted by Crippen LogP contribution is 2.38. The van der Waals surface area contributed by atoms with Crippen molar-refractivity contribution in [2.75, 3.05) is 6.54 Å². The summed E-state index contributed by atoms with van der Waals surface area (Å²) in [7, 11) is 0. The van der Waals surface area contributed by atoms with Crippen LogP contribution in [0.25, 0.3) is 10.9 Å². The van der Waals surface area contributed by atoms with Crippen molar-refractivity contribution in [2.24, 2.45) is 0 Å². The summed E-state index contributed by atoms with van der Waals surface area (Å²) in [5.41, 5.74) is 2.71. The molecule has 2 aromatic rings. The van der Waals surface area contributed by atoms with Crippen molar-refractivity contribution < 1.29 is 0 Å². The molecule has 1 N–H and O–H groups in total. The van der Waals surface area contributed by atoms with E-state index in [1.165, 1.54) is 42.1 Å². The van der Waals surface area contributed by atoms with Crippen LogP contribution in [0.1, 0.15) is 38.2 Å². The molecule has 2 heterocycles. The highest BCUT2D eigenvalue weighted by Gasteiger charge is 2.35. The fourth-order valence-electron chi connectivity index (χ4n) is 3.30. The van der Waals surface area contributed by atoms with Gasteiger partial charge in [0.1, 0.15) is 0 Å². The van der Waals surface area contributed by atoms with Crippen molar-refractivity contribution in [3.8, 4) is 0 Å². The Morgan fingerprint density at radius 2 is 2.17 bits per heavy atom. The molecular weight excluding hydrogens is 220 g/mol. The van der Waals surface area contributed by atoms with Crippen LogP contribution in [0.15, 0.2) is 36.5 Å². The number of para-hydroxylation sites is 1. The molecule has 1 atom stereocenters. The zero-order chi connectivity index (χ0) is 12.4. The van der Waals surface area contributed by atoms with E-state index in [9.17, 15) is 0 Å². The van der Waals surface area contributed by atoms with E-state index >= 15 is 0 Å². The zero-order valence-electron chi connectivity index (χ0n) is 10.9. The summed E-state index contributed by atoms with van der Waals surface area (Å²) in [5.74, 6) is 0. The fraction of sp³-hybridized carbons (Fsp3) is 0.438. The van der Waals surface area contributed by atoms with E-state index in [4.69, 9.17) is 0 Å². The molecule has 0 radical (unpaired) electrons. The van der Waals surface area contributed by atoms with Crippen molar-refractivity contribution >= 4 is 10.9 Å². The highest BCUT2D eigenvalue weighted by molar-refractivity contribution is 5.82. The average Bonchev–Trinajstić information content (AvgIpc) is 2.88. The second kappa shape index (κ2) is 4.69. The van der Waals surface area contributed by atoms with E-state index in [1.807, 2.05) is 12.3 Å². The van der Waals surface area contributed by atoms with Crippen molar-refractivity contribution in [3.63, 3.8) is 0 Å². The average molecular weight is 240 g/mol. The number of nitrogens with zero attached hydrogens (tertiary/aromatic N) is 1. The minimum absolute atomic E-state index is 0.155. The summed E-state index contributed by atoms with van der Waals surface area (Å²) in [4.78, 5) is 4.61. The highest BCUT2D eigenvalue weighted by atomic mass is 15.0. The van der Waals surface area contributed by atoms with Gasteiger partial charge in [-0.25, -0.2) is 0 Å². The second-order valence-electron chi connectivity index (χ2n) is 5.24. The normalized spacial score (nSPS) is 23.6. The Bertz CT molecular complexity index is 536. The summed E-state index contributed by atoms with van der Waals surface area (Å²) >= 11 is 0. The Balaban J connectivity index is 2.17. The lowest BCUT2D eigenvalue weighted by atomic mass is 9.83. The standard InChI is InChI=1S/C16H20N2/c1-2-9-16(10-5-12-18-16)14-8-3-6-13-7-4-11-17-15(13)14/h3-4,6-8,11,18H,2,5,9-10,12H2,1H3. The van der Waals surface area contributed by atoms with E-state index in [0.29, 0.717) is 0 Å². The van der Waals surface area contributed by atoms with Crippen LogP contribution in [0.3, 0.4) is 0 Å². The maximum absolute atomic E-state index is 4.61. The van der Waals surface area contributed by atoms with Crippen LogP contribution in [0, 0.1) is 0 Å². The molecule has 1 aliphatic rings. The molecule has 1 aliphatic heterocycles. The van der Waals surface area contributed by atoms with Gasteiger partial charge in [-0.3, -0.25) is 4.98 Å². The lowest BCUT2D eigenvalue weighted by Gasteiger charge is -2.30. The summed E-state index contributed by atoms with van der Waals surface area (Å²) in [5, 5.41) is 4.99. The Morgan fingerprint density at radius 3 is 2.94 bits per heavy atom. The second-order valence-corrected chi connectivity index (χ2v) is 5.24. The first-order chi connectivity index (χ1) is 8.86. The Kier molecular flexibility index (Phi) is 3.04. The Labute approximate surface area is 108 Å². The number of nitrogens with one attached hydrogen (secondary N) is 1. The molecule has 3 rings (SSSR count). The largest absolute Gasteiger partial charge is 0.307 e. The van der Waals surface area contributed by atoms with E-state index in [0.717, 1.165) is 6.54 Å². The lowest BCUT2D eigenvalue weighted by Crippen LogP contribution is -2.36. The monoisotopic (exact) mass is 240 g/mol. The topological polar surface area (TPSA) is 24.9 Å². The number of aromatic nitrogens is 1. The van der Waals surface area contributed by atoms with Crippen molar-refractivity contribution in [1.82, 2.24) is 10.3 Å². The van der Waals surface area contributed by atoms with Crippen LogP contribution in [-0.4, -0.2) is 11.5 Å². The first-order valence-electron chi connectivity index (χ1n) is 6.95. The molecule has 1 aromatic heterocycles. The minimum atomic E-state index is 0.155. The third-order valence-electron chi connectivity index (χ3n) is 4.07. The van der Waals surface area contributed by atoms with Gasteiger partial charge in [-0.05, 0) is 37.4 Å². The first kappa shape index (κ1) is 11.7. The number of hydrogen-bond acceptors (Lipinski definition) is 2. The van der Waals surface area contributed by atoms with Gasteiger partial charge in [-0.2, -0.15) is 0 Å². The van der Waals surface area contributed by atoms with Crippen molar-refractivity contribution in [2.45, 2.75) is 38.1 Å². The Morgan fingerprint density at radius 1 is 1.28 bits per heavy atom. The number of rotatable bonds is 3. The molecule has 2 heteroatoms. The SMILES string of the molecule is CCCC1(c2cccc3cccnc23)CCCN1. The molecule has 1 aromatic carbocycles. The summed E-state index contributed by atoms with van der Waals surface area (Å²) < 4.78 is 0. The predicted molar refractivity (Wildman–Crippen MR) is 75.6 cm³/mol. The molecule has 1 unspecified atom stereocenters. The summed E-state index contributed by atoms with van der Waals surface area (Å²) in [6, 6.07) is 10.7. The molecule has 0 bridgehead atoms. The smallest absolute Gasteiger partial charge is 0.0752 e. The van der Waals surface area contributed by atoms with Gasteiger partial charge in [-0.15, -0.1) is 0 Å². The number of pyridine rings is 1. The van der Waals surface area contributed by atoms with Crippen molar-refractivity contribution in [1.29, 1.82) is 0 Å². The molecule has 2 nitrogen and oxygen atoms in total. The van der Waals surface area contributed by atoms with Crippen LogP contribution < -0.4 is 5.32 Å². The van der Waals surface area contributed by atoms with Crippen LogP contribution in [0.5, 0.6) is 0 Å². The first-order valence-corrected chi connectivity index (χ1v) is 6.95. The molecule has 1 saturated heterocycles. The molecule has 0 aliphatic carbocycles. The van der Waals surface area contributed by atoms with Gasteiger partial charge in [0.15, 0.2) is 0 Å². The molecule has 0 saturated carbocycles. The van der Waals surface area contributed by atoms with E-state index in [-0.39, 0.29) is 5.54 Å². The Hall–Kier alpha value is -1.41. The molecular formula is C16H20N2. The van der Waals surface area contributed by atoms with Crippen molar-refractivity contribution in [3.05, 3.63) is 42.1 Å². The molecule has 0 spiro atoms. The van der Waals surface area contributed by atoms with Crippen LogP contribution in [0.4, 0.5) is 0 Å². The van der Waals surface area contributed by atoms with Gasteiger partial charge in [0.2, 0.25) is 0 Å². The van der Waals surface area contributed by atoms with Gasteiger partial charge in [-0.1, -0.05) is 37.6 Å². The number of fused-ring (bicyclic) bond motifs is 1. The summed E-state index contributed by atoms with van der Waals surface area (Å²) in [6.07, 6.45) is 6.80. The van der Waals surface area contributed by atoms with Gasteiger partial charge >= 0.3 is 0 Å². The van der Waals surface area contributed by atoms with Gasteiger partial charge in [0, 0.05) is 17.1 Å². The third kappa shape index (κ3) is 1.81. The van der Waals surface area contributed by atoms with E-state index < -0.39 is 0 Å². The maximum Gasteiger partial charge on any atom is 0.0752 e. The fourth-order valence-corrected chi connectivity index (χ4v) is 3.30. The van der Waals surface area contributed by atoms with Crippen LogP contribution in [-0.2, 0) is 5.54 Å². The number of hydrogen-bond donors (Lipinski definition) is 1. The molecule has 18 heavy (non-hydrogen) atoms. The molecule has 1 fully saturated rings.